The molecule has 0 saturated heterocycles. The van der Waals surface area contributed by atoms with Crippen LogP contribution in [0.25, 0.3) is 0 Å². The lowest BCUT2D eigenvalue weighted by Crippen LogP contribution is -2.33. The Labute approximate surface area is 148 Å². The molecule has 1 aliphatic carbocycles. The SMILES string of the molecule is CC(=O)Nc1ccc(S(=O)(=O)N(Cc2cccn2C)C2CC2)c(C)c1. The van der Waals surface area contributed by atoms with Crippen molar-refractivity contribution >= 4 is 21.6 Å². The van der Waals surface area contributed by atoms with Crippen molar-refractivity contribution < 1.29 is 13.2 Å². The van der Waals surface area contributed by atoms with Gasteiger partial charge in [-0.3, -0.25) is 4.79 Å². The first-order valence-corrected chi connectivity index (χ1v) is 9.73. The van der Waals surface area contributed by atoms with Gasteiger partial charge in [0.25, 0.3) is 0 Å². The lowest BCUT2D eigenvalue weighted by molar-refractivity contribution is -0.114. The summed E-state index contributed by atoms with van der Waals surface area (Å²) in [6.07, 6.45) is 3.71. The lowest BCUT2D eigenvalue weighted by Gasteiger charge is -2.23. The van der Waals surface area contributed by atoms with Crippen molar-refractivity contribution in [3.05, 3.63) is 47.8 Å². The molecule has 3 rings (SSSR count). The van der Waals surface area contributed by atoms with Crippen molar-refractivity contribution in [2.45, 2.75) is 44.2 Å². The standard InChI is InChI=1S/C18H23N3O3S/c1-13-11-15(19-14(2)22)6-9-18(13)25(23,24)21(16-7-8-16)12-17-5-4-10-20(17)3/h4-6,9-11,16H,7-8,12H2,1-3H3,(H,19,22). The van der Waals surface area contributed by atoms with Gasteiger partial charge in [-0.05, 0) is 55.7 Å². The zero-order valence-corrected chi connectivity index (χ0v) is 15.5. The molecule has 0 unspecified atom stereocenters. The van der Waals surface area contributed by atoms with Gasteiger partial charge in [-0.25, -0.2) is 8.42 Å². The smallest absolute Gasteiger partial charge is 0.243 e. The van der Waals surface area contributed by atoms with Gasteiger partial charge in [-0.15, -0.1) is 0 Å². The molecule has 1 aromatic carbocycles. The number of hydrogen-bond donors (Lipinski definition) is 1. The van der Waals surface area contributed by atoms with Crippen LogP contribution in [0.2, 0.25) is 0 Å². The molecule has 1 aliphatic rings. The Balaban J connectivity index is 1.93. The van der Waals surface area contributed by atoms with Gasteiger partial charge >= 0.3 is 0 Å². The van der Waals surface area contributed by atoms with Crippen molar-refractivity contribution in [1.29, 1.82) is 0 Å². The van der Waals surface area contributed by atoms with E-state index in [0.717, 1.165) is 18.5 Å². The fourth-order valence-corrected chi connectivity index (χ4v) is 4.80. The maximum atomic E-state index is 13.2. The van der Waals surface area contributed by atoms with Gasteiger partial charge in [0.1, 0.15) is 0 Å². The summed E-state index contributed by atoms with van der Waals surface area (Å²) in [6, 6.07) is 8.83. The highest BCUT2D eigenvalue weighted by Crippen LogP contribution is 2.34. The van der Waals surface area contributed by atoms with E-state index in [9.17, 15) is 13.2 Å². The van der Waals surface area contributed by atoms with Crippen molar-refractivity contribution in [2.75, 3.05) is 5.32 Å². The first kappa shape index (κ1) is 17.7. The first-order chi connectivity index (χ1) is 11.8. The molecular weight excluding hydrogens is 338 g/mol. The minimum Gasteiger partial charge on any atom is -0.353 e. The molecule has 1 saturated carbocycles. The predicted molar refractivity (Wildman–Crippen MR) is 96.6 cm³/mol. The van der Waals surface area contributed by atoms with Crippen LogP contribution in [0, 0.1) is 6.92 Å². The summed E-state index contributed by atoms with van der Waals surface area (Å²) < 4.78 is 30.0. The largest absolute Gasteiger partial charge is 0.353 e. The van der Waals surface area contributed by atoms with E-state index in [1.54, 1.807) is 29.4 Å². The zero-order valence-electron chi connectivity index (χ0n) is 14.7. The zero-order chi connectivity index (χ0) is 18.2. The van der Waals surface area contributed by atoms with Crippen LogP contribution in [0.5, 0.6) is 0 Å². The molecule has 1 fully saturated rings. The Kier molecular flexibility index (Phi) is 4.71. The van der Waals surface area contributed by atoms with Gasteiger partial charge in [0.2, 0.25) is 15.9 Å². The van der Waals surface area contributed by atoms with Crippen LogP contribution in [0.3, 0.4) is 0 Å². The number of carbonyl (C=O) groups is 1. The summed E-state index contributed by atoms with van der Waals surface area (Å²) in [5.74, 6) is -0.182. The van der Waals surface area contributed by atoms with Crippen LogP contribution in [0.1, 0.15) is 31.0 Å². The third-order valence-corrected chi connectivity index (χ3v) is 6.46. The van der Waals surface area contributed by atoms with E-state index >= 15 is 0 Å². The van der Waals surface area contributed by atoms with Crippen LogP contribution < -0.4 is 5.32 Å². The van der Waals surface area contributed by atoms with Crippen molar-refractivity contribution in [3.8, 4) is 0 Å². The van der Waals surface area contributed by atoms with Gasteiger partial charge < -0.3 is 9.88 Å². The Morgan fingerprint density at radius 1 is 1.32 bits per heavy atom. The third kappa shape index (κ3) is 3.77. The summed E-state index contributed by atoms with van der Waals surface area (Å²) in [5.41, 5.74) is 2.19. The van der Waals surface area contributed by atoms with Gasteiger partial charge in [-0.1, -0.05) is 0 Å². The minimum atomic E-state index is -3.60. The third-order valence-electron chi connectivity index (χ3n) is 4.41. The fourth-order valence-electron chi connectivity index (χ4n) is 2.94. The van der Waals surface area contributed by atoms with Crippen LogP contribution in [0.4, 0.5) is 5.69 Å². The fraction of sp³-hybridized carbons (Fsp3) is 0.389. The van der Waals surface area contributed by atoms with E-state index in [0.29, 0.717) is 22.7 Å². The molecule has 1 amide bonds. The van der Waals surface area contributed by atoms with Crippen molar-refractivity contribution in [2.24, 2.45) is 7.05 Å². The van der Waals surface area contributed by atoms with E-state index < -0.39 is 10.0 Å². The Morgan fingerprint density at radius 2 is 2.04 bits per heavy atom. The highest BCUT2D eigenvalue weighted by atomic mass is 32.2. The lowest BCUT2D eigenvalue weighted by atomic mass is 10.2. The Morgan fingerprint density at radius 3 is 2.56 bits per heavy atom. The Bertz CT molecular complexity index is 898. The average Bonchev–Trinajstić information content (AvgIpc) is 3.26. The second kappa shape index (κ2) is 6.65. The van der Waals surface area contributed by atoms with E-state index in [1.165, 1.54) is 6.92 Å². The molecule has 134 valence electrons. The molecule has 0 aliphatic heterocycles. The van der Waals surface area contributed by atoms with Crippen LogP contribution in [-0.4, -0.2) is 29.2 Å². The Hall–Kier alpha value is -2.12. The quantitative estimate of drug-likeness (QED) is 0.860. The molecule has 25 heavy (non-hydrogen) atoms. The normalized spacial score (nSPS) is 14.7. The maximum Gasteiger partial charge on any atom is 0.243 e. The molecule has 0 radical (unpaired) electrons. The average molecular weight is 361 g/mol. The molecule has 0 bridgehead atoms. The summed E-state index contributed by atoms with van der Waals surface area (Å²) in [5, 5.41) is 2.68. The number of aromatic nitrogens is 1. The number of nitrogens with one attached hydrogen (secondary N) is 1. The number of sulfonamides is 1. The van der Waals surface area contributed by atoms with E-state index in [1.807, 2.05) is 29.9 Å². The van der Waals surface area contributed by atoms with E-state index in [2.05, 4.69) is 5.32 Å². The monoisotopic (exact) mass is 361 g/mol. The van der Waals surface area contributed by atoms with Gasteiger partial charge in [0.05, 0.1) is 11.4 Å². The summed E-state index contributed by atoms with van der Waals surface area (Å²) in [7, 11) is -1.68. The van der Waals surface area contributed by atoms with Gasteiger partial charge in [0.15, 0.2) is 0 Å². The molecule has 1 heterocycles. The number of benzene rings is 1. The molecule has 1 N–H and O–H groups in total. The number of carbonyl (C=O) groups excluding carboxylic acids is 1. The molecule has 0 spiro atoms. The van der Waals surface area contributed by atoms with Gasteiger partial charge in [0, 0.05) is 37.6 Å². The van der Waals surface area contributed by atoms with Crippen LogP contribution in [-0.2, 0) is 28.4 Å². The number of aryl methyl sites for hydroxylation is 2. The number of hydrogen-bond acceptors (Lipinski definition) is 3. The summed E-state index contributed by atoms with van der Waals surface area (Å²) in [6.45, 7) is 3.55. The highest BCUT2D eigenvalue weighted by Gasteiger charge is 2.39. The molecule has 1 aromatic heterocycles. The van der Waals surface area contributed by atoms with Crippen LogP contribution >= 0.6 is 0 Å². The number of nitrogens with zero attached hydrogens (tertiary/aromatic N) is 2. The molecule has 7 heteroatoms. The second-order valence-corrected chi connectivity index (χ2v) is 8.41. The number of anilines is 1. The molecule has 0 atom stereocenters. The molecule has 2 aromatic rings. The van der Waals surface area contributed by atoms with Crippen molar-refractivity contribution in [3.63, 3.8) is 0 Å². The topological polar surface area (TPSA) is 71.4 Å². The maximum absolute atomic E-state index is 13.2. The number of amides is 1. The van der Waals surface area contributed by atoms with E-state index in [4.69, 9.17) is 0 Å². The number of rotatable bonds is 6. The second-order valence-electron chi connectivity index (χ2n) is 6.55. The van der Waals surface area contributed by atoms with Crippen molar-refractivity contribution in [1.82, 2.24) is 8.87 Å². The van der Waals surface area contributed by atoms with E-state index in [-0.39, 0.29) is 11.9 Å². The molecular formula is C18H23N3O3S. The minimum absolute atomic E-state index is 0.0642. The van der Waals surface area contributed by atoms with Crippen LogP contribution in [0.15, 0.2) is 41.4 Å². The predicted octanol–water partition coefficient (Wildman–Crippen LogP) is 2.65. The molecule has 6 nitrogen and oxygen atoms in total. The van der Waals surface area contributed by atoms with Gasteiger partial charge in [-0.2, -0.15) is 4.31 Å². The summed E-state index contributed by atoms with van der Waals surface area (Å²) >= 11 is 0. The first-order valence-electron chi connectivity index (χ1n) is 8.29. The highest BCUT2D eigenvalue weighted by molar-refractivity contribution is 7.89. The summed E-state index contributed by atoms with van der Waals surface area (Å²) in [4.78, 5) is 11.5.